The monoisotopic (exact) mass is 267 g/mol. The number of halogens is 1. The first-order valence-electron chi connectivity index (χ1n) is 5.79. The highest BCUT2D eigenvalue weighted by molar-refractivity contribution is 6.09. The summed E-state index contributed by atoms with van der Waals surface area (Å²) < 4.78 is 12.8. The number of pyridine rings is 1. The van der Waals surface area contributed by atoms with Crippen molar-refractivity contribution in [2.24, 2.45) is 0 Å². The van der Waals surface area contributed by atoms with Crippen LogP contribution in [0.1, 0.15) is 5.69 Å². The molecule has 0 fully saturated rings. The Kier molecular flexibility index (Phi) is 4.20. The summed E-state index contributed by atoms with van der Waals surface area (Å²) in [6, 6.07) is 12.3. The highest BCUT2D eigenvalue weighted by atomic mass is 19.1. The zero-order valence-electron chi connectivity index (χ0n) is 10.4. The average Bonchev–Trinajstić information content (AvgIpc) is 2.48. The molecule has 0 atom stereocenters. The van der Waals surface area contributed by atoms with Gasteiger partial charge in [-0.05, 0) is 42.5 Å². The number of hydrogen-bond donors (Lipinski definition) is 1. The highest BCUT2D eigenvalue weighted by Crippen LogP contribution is 2.11. The molecule has 4 nitrogen and oxygen atoms in total. The van der Waals surface area contributed by atoms with Gasteiger partial charge >= 0.3 is 0 Å². The van der Waals surface area contributed by atoms with Crippen LogP contribution in [-0.4, -0.2) is 10.9 Å². The topological polar surface area (TPSA) is 65.8 Å². The molecule has 20 heavy (non-hydrogen) atoms. The predicted molar refractivity (Wildman–Crippen MR) is 72.9 cm³/mol. The number of nitrogens with zero attached hydrogens (tertiary/aromatic N) is 2. The number of nitriles is 1. The van der Waals surface area contributed by atoms with Crippen LogP contribution >= 0.6 is 0 Å². The van der Waals surface area contributed by atoms with Gasteiger partial charge in [0.25, 0.3) is 5.91 Å². The van der Waals surface area contributed by atoms with Crippen molar-refractivity contribution in [3.8, 4) is 6.07 Å². The number of carbonyl (C=O) groups is 1. The van der Waals surface area contributed by atoms with Crippen LogP contribution in [0.4, 0.5) is 10.1 Å². The lowest BCUT2D eigenvalue weighted by atomic mass is 10.2. The van der Waals surface area contributed by atoms with Gasteiger partial charge in [0.2, 0.25) is 0 Å². The molecule has 0 radical (unpaired) electrons. The van der Waals surface area contributed by atoms with Crippen molar-refractivity contribution in [1.29, 1.82) is 5.26 Å². The molecule has 1 amide bonds. The summed E-state index contributed by atoms with van der Waals surface area (Å²) in [5.41, 5.74) is 0.852. The third-order valence-corrected chi connectivity index (χ3v) is 2.45. The molecule has 1 heterocycles. The predicted octanol–water partition coefficient (Wildman–Crippen LogP) is 2.77. The first kappa shape index (κ1) is 13.4. The Morgan fingerprint density at radius 3 is 2.60 bits per heavy atom. The van der Waals surface area contributed by atoms with Gasteiger partial charge in [-0.25, -0.2) is 4.39 Å². The number of benzene rings is 1. The molecule has 0 saturated carbocycles. The van der Waals surface area contributed by atoms with Gasteiger partial charge in [0, 0.05) is 11.9 Å². The molecule has 2 rings (SSSR count). The molecule has 0 aliphatic heterocycles. The SMILES string of the molecule is N#CC(=Cc1ccccn1)C(=O)Nc1ccc(F)cc1. The molecule has 98 valence electrons. The fourth-order valence-corrected chi connectivity index (χ4v) is 1.49. The molecule has 2 aromatic rings. The molecule has 1 aromatic carbocycles. The Bertz CT molecular complexity index is 673. The van der Waals surface area contributed by atoms with Crippen molar-refractivity contribution in [1.82, 2.24) is 4.98 Å². The van der Waals surface area contributed by atoms with E-state index in [4.69, 9.17) is 5.26 Å². The Hall–Kier alpha value is -3.00. The number of carbonyl (C=O) groups excluding carboxylic acids is 1. The second kappa shape index (κ2) is 6.25. The molecule has 5 heteroatoms. The lowest BCUT2D eigenvalue weighted by Gasteiger charge is -2.03. The lowest BCUT2D eigenvalue weighted by molar-refractivity contribution is -0.112. The van der Waals surface area contributed by atoms with Crippen molar-refractivity contribution in [3.05, 3.63) is 65.7 Å². The van der Waals surface area contributed by atoms with Crippen molar-refractivity contribution in [3.63, 3.8) is 0 Å². The van der Waals surface area contributed by atoms with E-state index in [-0.39, 0.29) is 5.57 Å². The molecule has 0 aliphatic carbocycles. The lowest BCUT2D eigenvalue weighted by Crippen LogP contribution is -2.13. The van der Waals surface area contributed by atoms with Crippen LogP contribution in [0, 0.1) is 17.1 Å². The molecule has 0 aliphatic rings. The van der Waals surface area contributed by atoms with Gasteiger partial charge in [-0.3, -0.25) is 9.78 Å². The molecule has 0 unspecified atom stereocenters. The van der Waals surface area contributed by atoms with E-state index in [1.54, 1.807) is 24.4 Å². The summed E-state index contributed by atoms with van der Waals surface area (Å²) >= 11 is 0. The summed E-state index contributed by atoms with van der Waals surface area (Å²) in [6.07, 6.45) is 2.96. The van der Waals surface area contributed by atoms with Crippen molar-refractivity contribution < 1.29 is 9.18 Å². The second-order valence-electron chi connectivity index (χ2n) is 3.89. The Labute approximate surface area is 115 Å². The Morgan fingerprint density at radius 1 is 1.25 bits per heavy atom. The van der Waals surface area contributed by atoms with E-state index in [1.807, 2.05) is 6.07 Å². The summed E-state index contributed by atoms with van der Waals surface area (Å²) in [6.45, 7) is 0. The highest BCUT2D eigenvalue weighted by Gasteiger charge is 2.09. The average molecular weight is 267 g/mol. The van der Waals surface area contributed by atoms with Crippen LogP contribution in [0.2, 0.25) is 0 Å². The van der Waals surface area contributed by atoms with E-state index in [1.165, 1.54) is 30.3 Å². The third-order valence-electron chi connectivity index (χ3n) is 2.45. The summed E-state index contributed by atoms with van der Waals surface area (Å²) in [4.78, 5) is 15.9. The van der Waals surface area contributed by atoms with E-state index in [0.717, 1.165) is 0 Å². The zero-order valence-corrected chi connectivity index (χ0v) is 10.4. The number of hydrogen-bond acceptors (Lipinski definition) is 3. The van der Waals surface area contributed by atoms with Crippen LogP contribution in [0.5, 0.6) is 0 Å². The standard InChI is InChI=1S/C15H10FN3O/c16-12-4-6-13(7-5-12)19-15(20)11(10-17)9-14-3-1-2-8-18-14/h1-9H,(H,19,20). The number of anilines is 1. The van der Waals surface area contributed by atoms with Gasteiger partial charge in [0.15, 0.2) is 0 Å². The second-order valence-corrected chi connectivity index (χ2v) is 3.89. The van der Waals surface area contributed by atoms with E-state index < -0.39 is 11.7 Å². The summed E-state index contributed by atoms with van der Waals surface area (Å²) in [7, 11) is 0. The molecule has 1 N–H and O–H groups in total. The van der Waals surface area contributed by atoms with Gasteiger partial charge in [-0.2, -0.15) is 5.26 Å². The van der Waals surface area contributed by atoms with Crippen LogP contribution in [0.15, 0.2) is 54.2 Å². The van der Waals surface area contributed by atoms with Crippen molar-refractivity contribution in [2.45, 2.75) is 0 Å². The van der Waals surface area contributed by atoms with Gasteiger partial charge < -0.3 is 5.32 Å². The van der Waals surface area contributed by atoms with Crippen LogP contribution in [0.25, 0.3) is 6.08 Å². The van der Waals surface area contributed by atoms with Gasteiger partial charge in [0.1, 0.15) is 17.5 Å². The minimum absolute atomic E-state index is 0.0759. The van der Waals surface area contributed by atoms with E-state index in [9.17, 15) is 9.18 Å². The molecule has 0 bridgehead atoms. The molecular weight excluding hydrogens is 257 g/mol. The van der Waals surface area contributed by atoms with Crippen LogP contribution in [0.3, 0.4) is 0 Å². The first-order chi connectivity index (χ1) is 9.69. The fraction of sp³-hybridized carbons (Fsp3) is 0. The quantitative estimate of drug-likeness (QED) is 0.687. The Balaban J connectivity index is 2.16. The molecule has 0 saturated heterocycles. The number of aromatic nitrogens is 1. The Morgan fingerprint density at radius 2 is 2.00 bits per heavy atom. The van der Waals surface area contributed by atoms with E-state index in [2.05, 4.69) is 10.3 Å². The smallest absolute Gasteiger partial charge is 0.266 e. The van der Waals surface area contributed by atoms with Crippen molar-refractivity contribution in [2.75, 3.05) is 5.32 Å². The fourth-order valence-electron chi connectivity index (χ4n) is 1.49. The van der Waals surface area contributed by atoms with Gasteiger partial charge in [0.05, 0.1) is 5.69 Å². The van der Waals surface area contributed by atoms with Crippen LogP contribution in [-0.2, 0) is 4.79 Å². The maximum absolute atomic E-state index is 12.8. The number of amides is 1. The van der Waals surface area contributed by atoms with Gasteiger partial charge in [-0.1, -0.05) is 6.07 Å². The number of nitrogens with one attached hydrogen (secondary N) is 1. The molecular formula is C15H10FN3O. The molecule has 1 aromatic heterocycles. The normalized spacial score (nSPS) is 10.7. The largest absolute Gasteiger partial charge is 0.321 e. The van der Waals surface area contributed by atoms with E-state index in [0.29, 0.717) is 11.4 Å². The van der Waals surface area contributed by atoms with E-state index >= 15 is 0 Å². The maximum atomic E-state index is 12.8. The molecule has 0 spiro atoms. The van der Waals surface area contributed by atoms with Crippen LogP contribution < -0.4 is 5.32 Å². The zero-order chi connectivity index (χ0) is 14.4. The summed E-state index contributed by atoms with van der Waals surface area (Å²) in [5, 5.41) is 11.5. The summed E-state index contributed by atoms with van der Waals surface area (Å²) in [5.74, 6) is -0.961. The van der Waals surface area contributed by atoms with Crippen molar-refractivity contribution >= 4 is 17.7 Å². The first-order valence-corrected chi connectivity index (χ1v) is 5.79. The maximum Gasteiger partial charge on any atom is 0.266 e. The third kappa shape index (κ3) is 3.50. The van der Waals surface area contributed by atoms with Gasteiger partial charge in [-0.15, -0.1) is 0 Å². The number of rotatable bonds is 3. The minimum Gasteiger partial charge on any atom is -0.321 e. The minimum atomic E-state index is -0.565.